The standard InChI is InChI=1S/C8H12N2O3/c1-10-7(12)13-4-8(10)2-5(3-8)6(9)11/h5H,2-4H2,1H3,(H2,9,11). The van der Waals surface area contributed by atoms with Gasteiger partial charge in [0.1, 0.15) is 6.61 Å². The van der Waals surface area contributed by atoms with Gasteiger partial charge in [0.25, 0.3) is 0 Å². The van der Waals surface area contributed by atoms with Crippen molar-refractivity contribution in [3.63, 3.8) is 0 Å². The van der Waals surface area contributed by atoms with Crippen LogP contribution in [-0.4, -0.2) is 36.1 Å². The molecule has 0 atom stereocenters. The molecular weight excluding hydrogens is 172 g/mol. The average molecular weight is 184 g/mol. The van der Waals surface area contributed by atoms with Crippen molar-refractivity contribution in [2.45, 2.75) is 18.4 Å². The molecule has 1 spiro atoms. The van der Waals surface area contributed by atoms with Gasteiger partial charge in [0.05, 0.1) is 5.54 Å². The van der Waals surface area contributed by atoms with Crippen LogP contribution in [-0.2, 0) is 9.53 Å². The summed E-state index contributed by atoms with van der Waals surface area (Å²) in [6.45, 7) is 0.395. The Morgan fingerprint density at radius 1 is 1.69 bits per heavy atom. The molecule has 2 N–H and O–H groups in total. The van der Waals surface area contributed by atoms with Gasteiger partial charge in [0.15, 0.2) is 0 Å². The molecule has 1 aliphatic carbocycles. The predicted octanol–water partition coefficient (Wildman–Crippen LogP) is -0.298. The van der Waals surface area contributed by atoms with Crippen LogP contribution in [0.5, 0.6) is 0 Å². The van der Waals surface area contributed by atoms with Crippen molar-refractivity contribution in [2.75, 3.05) is 13.7 Å². The minimum atomic E-state index is -0.303. The lowest BCUT2D eigenvalue weighted by Gasteiger charge is -2.45. The first kappa shape index (κ1) is 8.34. The number of amides is 2. The van der Waals surface area contributed by atoms with Crippen LogP contribution in [0.3, 0.4) is 0 Å². The molecule has 0 unspecified atom stereocenters. The third-order valence-electron chi connectivity index (χ3n) is 3.10. The van der Waals surface area contributed by atoms with Gasteiger partial charge in [-0.1, -0.05) is 0 Å². The van der Waals surface area contributed by atoms with Gasteiger partial charge in [-0.25, -0.2) is 4.79 Å². The number of hydrogen-bond acceptors (Lipinski definition) is 3. The maximum absolute atomic E-state index is 11.0. The molecule has 0 aromatic heterocycles. The highest BCUT2D eigenvalue weighted by atomic mass is 16.6. The van der Waals surface area contributed by atoms with Crippen LogP contribution >= 0.6 is 0 Å². The van der Waals surface area contributed by atoms with Crippen molar-refractivity contribution < 1.29 is 14.3 Å². The summed E-state index contributed by atoms with van der Waals surface area (Å²) in [5, 5.41) is 0. The van der Waals surface area contributed by atoms with Crippen molar-refractivity contribution in [1.29, 1.82) is 0 Å². The fourth-order valence-electron chi connectivity index (χ4n) is 2.03. The predicted molar refractivity (Wildman–Crippen MR) is 43.8 cm³/mol. The van der Waals surface area contributed by atoms with E-state index in [1.54, 1.807) is 11.9 Å². The summed E-state index contributed by atoms with van der Waals surface area (Å²) in [7, 11) is 1.70. The fraction of sp³-hybridized carbons (Fsp3) is 0.750. The normalized spacial score (nSPS) is 37.5. The molecule has 0 bridgehead atoms. The van der Waals surface area contributed by atoms with Crippen LogP contribution in [0.2, 0.25) is 0 Å². The molecule has 72 valence electrons. The third-order valence-corrected chi connectivity index (χ3v) is 3.10. The zero-order chi connectivity index (χ0) is 9.64. The van der Waals surface area contributed by atoms with E-state index < -0.39 is 0 Å². The number of hydrogen-bond donors (Lipinski definition) is 1. The maximum Gasteiger partial charge on any atom is 0.410 e. The first-order valence-electron chi connectivity index (χ1n) is 4.25. The molecule has 5 nitrogen and oxygen atoms in total. The minimum Gasteiger partial charge on any atom is -0.447 e. The Balaban J connectivity index is 2.04. The summed E-state index contributed by atoms with van der Waals surface area (Å²) in [4.78, 5) is 23.4. The van der Waals surface area contributed by atoms with Crippen molar-refractivity contribution in [1.82, 2.24) is 4.90 Å². The van der Waals surface area contributed by atoms with Gasteiger partial charge in [-0.2, -0.15) is 0 Å². The van der Waals surface area contributed by atoms with E-state index in [4.69, 9.17) is 10.5 Å². The molecule has 1 saturated heterocycles. The van der Waals surface area contributed by atoms with E-state index in [9.17, 15) is 9.59 Å². The number of likely N-dealkylation sites (N-methyl/N-ethyl adjacent to an activating group) is 1. The van der Waals surface area contributed by atoms with Gasteiger partial charge in [-0.3, -0.25) is 4.79 Å². The summed E-state index contributed by atoms with van der Waals surface area (Å²) in [6, 6.07) is 0. The Bertz CT molecular complexity index is 271. The van der Waals surface area contributed by atoms with Gasteiger partial charge in [0.2, 0.25) is 5.91 Å². The quantitative estimate of drug-likeness (QED) is 0.608. The highest BCUT2D eigenvalue weighted by molar-refractivity contribution is 5.79. The molecule has 5 heteroatoms. The Kier molecular flexibility index (Phi) is 1.52. The van der Waals surface area contributed by atoms with Crippen LogP contribution in [0.25, 0.3) is 0 Å². The molecule has 1 heterocycles. The molecule has 0 radical (unpaired) electrons. The van der Waals surface area contributed by atoms with Gasteiger partial charge in [-0.15, -0.1) is 0 Å². The Morgan fingerprint density at radius 2 is 2.31 bits per heavy atom. The Morgan fingerprint density at radius 3 is 2.69 bits per heavy atom. The Labute approximate surface area is 75.8 Å². The van der Waals surface area contributed by atoms with Gasteiger partial charge >= 0.3 is 6.09 Å². The molecule has 2 fully saturated rings. The van der Waals surface area contributed by atoms with Crippen molar-refractivity contribution in [3.05, 3.63) is 0 Å². The van der Waals surface area contributed by atoms with Crippen molar-refractivity contribution in [2.24, 2.45) is 11.7 Å². The van der Waals surface area contributed by atoms with Crippen LogP contribution in [0.15, 0.2) is 0 Å². The lowest BCUT2D eigenvalue weighted by Crippen LogP contribution is -2.57. The number of nitrogens with two attached hydrogens (primary N) is 1. The molecule has 2 amide bonds. The van der Waals surface area contributed by atoms with Gasteiger partial charge in [-0.05, 0) is 12.8 Å². The van der Waals surface area contributed by atoms with E-state index in [-0.39, 0.29) is 23.5 Å². The monoisotopic (exact) mass is 184 g/mol. The lowest BCUT2D eigenvalue weighted by atomic mass is 9.68. The summed E-state index contributed by atoms with van der Waals surface area (Å²) in [5.41, 5.74) is 4.91. The number of nitrogens with zero attached hydrogens (tertiary/aromatic N) is 1. The first-order chi connectivity index (χ1) is 6.05. The number of ether oxygens (including phenoxy) is 1. The molecule has 13 heavy (non-hydrogen) atoms. The van der Waals surface area contributed by atoms with Crippen LogP contribution in [0.1, 0.15) is 12.8 Å². The molecule has 1 saturated carbocycles. The van der Waals surface area contributed by atoms with Crippen LogP contribution in [0, 0.1) is 5.92 Å². The molecular formula is C8H12N2O3. The summed E-state index contributed by atoms with van der Waals surface area (Å²) >= 11 is 0. The topological polar surface area (TPSA) is 72.6 Å². The molecule has 0 aromatic rings. The molecule has 1 aliphatic heterocycles. The van der Waals surface area contributed by atoms with E-state index in [1.165, 1.54) is 0 Å². The lowest BCUT2D eigenvalue weighted by molar-refractivity contribution is -0.128. The number of carbonyl (C=O) groups excluding carboxylic acids is 2. The molecule has 2 aliphatic rings. The van der Waals surface area contributed by atoms with Gasteiger partial charge in [0, 0.05) is 13.0 Å². The van der Waals surface area contributed by atoms with E-state index in [0.717, 1.165) is 0 Å². The maximum atomic E-state index is 11.0. The number of cyclic esters (lactones) is 1. The number of primary amides is 1. The average Bonchev–Trinajstić information content (AvgIpc) is 2.26. The second-order valence-electron chi connectivity index (χ2n) is 3.85. The highest BCUT2D eigenvalue weighted by Crippen LogP contribution is 2.44. The summed E-state index contributed by atoms with van der Waals surface area (Å²) < 4.78 is 4.89. The zero-order valence-corrected chi connectivity index (χ0v) is 7.45. The van der Waals surface area contributed by atoms with Gasteiger partial charge < -0.3 is 15.4 Å². The second kappa shape index (κ2) is 2.37. The highest BCUT2D eigenvalue weighted by Gasteiger charge is 2.55. The smallest absolute Gasteiger partial charge is 0.410 e. The molecule has 2 rings (SSSR count). The van der Waals surface area contributed by atoms with E-state index >= 15 is 0 Å². The Hall–Kier alpha value is -1.26. The van der Waals surface area contributed by atoms with Crippen LogP contribution in [0.4, 0.5) is 4.79 Å². The summed E-state index contributed by atoms with van der Waals surface area (Å²) in [6.07, 6.45) is 0.984. The first-order valence-corrected chi connectivity index (χ1v) is 4.25. The van der Waals surface area contributed by atoms with E-state index in [0.29, 0.717) is 19.4 Å². The minimum absolute atomic E-state index is 0.0862. The fourth-order valence-corrected chi connectivity index (χ4v) is 2.03. The van der Waals surface area contributed by atoms with E-state index in [1.807, 2.05) is 0 Å². The zero-order valence-electron chi connectivity index (χ0n) is 7.45. The van der Waals surface area contributed by atoms with Crippen molar-refractivity contribution in [3.8, 4) is 0 Å². The van der Waals surface area contributed by atoms with Crippen LogP contribution < -0.4 is 5.73 Å². The molecule has 0 aromatic carbocycles. The SMILES string of the molecule is CN1C(=O)OCC12CC(C(N)=O)C2. The second-order valence-corrected chi connectivity index (χ2v) is 3.85. The number of rotatable bonds is 1. The largest absolute Gasteiger partial charge is 0.447 e. The third kappa shape index (κ3) is 0.993. The van der Waals surface area contributed by atoms with E-state index in [2.05, 4.69) is 0 Å². The summed E-state index contributed by atoms with van der Waals surface area (Å²) in [5.74, 6) is -0.365. The van der Waals surface area contributed by atoms with Crippen molar-refractivity contribution >= 4 is 12.0 Å². The number of carbonyl (C=O) groups is 2.